The van der Waals surface area contributed by atoms with E-state index in [0.717, 1.165) is 25.7 Å². The summed E-state index contributed by atoms with van der Waals surface area (Å²) in [6.07, 6.45) is 5.19. The first-order valence-corrected chi connectivity index (χ1v) is 12.6. The van der Waals surface area contributed by atoms with Gasteiger partial charge < -0.3 is 20.1 Å². The van der Waals surface area contributed by atoms with Crippen molar-refractivity contribution in [3.63, 3.8) is 0 Å². The minimum atomic E-state index is -0.975. The maximum absolute atomic E-state index is 13.2. The Bertz CT molecular complexity index is 1060. The molecule has 0 aromatic heterocycles. The van der Waals surface area contributed by atoms with Crippen molar-refractivity contribution in [2.75, 3.05) is 13.2 Å². The van der Waals surface area contributed by atoms with Crippen molar-refractivity contribution in [3.05, 3.63) is 59.7 Å². The van der Waals surface area contributed by atoms with E-state index in [4.69, 9.17) is 4.74 Å². The van der Waals surface area contributed by atoms with Gasteiger partial charge in [0.1, 0.15) is 13.2 Å². The van der Waals surface area contributed by atoms with E-state index in [-0.39, 0.29) is 43.0 Å². The molecule has 2 aromatic carbocycles. The summed E-state index contributed by atoms with van der Waals surface area (Å²) in [4.78, 5) is 38.7. The van der Waals surface area contributed by atoms with Crippen LogP contribution >= 0.6 is 0 Å². The molecule has 0 aliphatic heterocycles. The number of aliphatic carboxylic acids is 1. The first kappa shape index (κ1) is 23.4. The molecule has 0 spiro atoms. The van der Waals surface area contributed by atoms with Gasteiger partial charge >= 0.3 is 12.1 Å². The molecule has 0 heterocycles. The number of nitrogens with one attached hydrogen (secondary N) is 1. The summed E-state index contributed by atoms with van der Waals surface area (Å²) >= 11 is 0. The number of carbonyl (C=O) groups is 3. The standard InChI is InChI=1S/C28H32N2O5/c31-26(32)16-30(20-7-1-2-8-20)27(33)18-13-14-19(15-18)29-28(34)35-17-25-23-11-5-3-9-21(23)22-10-4-6-12-24(22)25/h3-6,9-12,18-20,25H,1-2,7-8,13-17H2,(H,29,34)(H,31,32)/t18-,19+/m1/s1. The Labute approximate surface area is 205 Å². The van der Waals surface area contributed by atoms with E-state index < -0.39 is 12.1 Å². The number of fused-ring (bicyclic) bond motifs is 3. The predicted octanol–water partition coefficient (Wildman–Crippen LogP) is 4.55. The third-order valence-corrected chi connectivity index (χ3v) is 7.80. The quantitative estimate of drug-likeness (QED) is 0.611. The van der Waals surface area contributed by atoms with Gasteiger partial charge in [-0.25, -0.2) is 4.79 Å². The molecule has 184 valence electrons. The molecule has 3 aliphatic carbocycles. The van der Waals surface area contributed by atoms with Crippen LogP contribution < -0.4 is 5.32 Å². The van der Waals surface area contributed by atoms with Crippen molar-refractivity contribution in [1.29, 1.82) is 0 Å². The topological polar surface area (TPSA) is 95.9 Å². The average molecular weight is 477 g/mol. The molecule has 0 unspecified atom stereocenters. The number of carboxylic acid groups (broad SMARTS) is 1. The molecule has 5 rings (SSSR count). The van der Waals surface area contributed by atoms with Crippen molar-refractivity contribution in [3.8, 4) is 11.1 Å². The van der Waals surface area contributed by atoms with Crippen LogP contribution in [0.4, 0.5) is 4.79 Å². The molecular weight excluding hydrogens is 444 g/mol. The lowest BCUT2D eigenvalue weighted by molar-refractivity contribution is -0.148. The molecule has 0 saturated heterocycles. The molecule has 2 N–H and O–H groups in total. The number of benzene rings is 2. The molecule has 2 aromatic rings. The molecule has 2 fully saturated rings. The van der Waals surface area contributed by atoms with Crippen molar-refractivity contribution in [1.82, 2.24) is 10.2 Å². The molecule has 2 atom stereocenters. The molecule has 2 amide bonds. The molecule has 7 heteroatoms. The highest BCUT2D eigenvalue weighted by atomic mass is 16.5. The van der Waals surface area contributed by atoms with Crippen LogP contribution in [0.1, 0.15) is 62.0 Å². The summed E-state index contributed by atoms with van der Waals surface area (Å²) in [6.45, 7) is 0.00742. The second kappa shape index (κ2) is 10.1. The van der Waals surface area contributed by atoms with Crippen LogP contribution in [0.3, 0.4) is 0 Å². The molecule has 35 heavy (non-hydrogen) atoms. The predicted molar refractivity (Wildman–Crippen MR) is 131 cm³/mol. The van der Waals surface area contributed by atoms with Gasteiger partial charge in [-0.2, -0.15) is 0 Å². The first-order chi connectivity index (χ1) is 17.0. The number of ether oxygens (including phenoxy) is 1. The zero-order valence-corrected chi connectivity index (χ0v) is 19.8. The first-order valence-electron chi connectivity index (χ1n) is 12.6. The smallest absolute Gasteiger partial charge is 0.407 e. The summed E-state index contributed by atoms with van der Waals surface area (Å²) < 4.78 is 5.66. The third kappa shape index (κ3) is 4.90. The van der Waals surface area contributed by atoms with Crippen LogP contribution in [0.5, 0.6) is 0 Å². The normalized spacial score (nSPS) is 21.4. The SMILES string of the molecule is O=C(O)CN(C(=O)[C@@H]1CC[C@H](NC(=O)OCC2c3ccccc3-c3ccccc32)C1)C1CCCC1. The van der Waals surface area contributed by atoms with Crippen LogP contribution in [0.25, 0.3) is 11.1 Å². The Kier molecular flexibility index (Phi) is 6.75. The summed E-state index contributed by atoms with van der Waals surface area (Å²) in [5, 5.41) is 12.2. The zero-order chi connectivity index (χ0) is 24.4. The van der Waals surface area contributed by atoms with Crippen LogP contribution in [0.2, 0.25) is 0 Å². The van der Waals surface area contributed by atoms with Gasteiger partial charge in [0, 0.05) is 23.9 Å². The van der Waals surface area contributed by atoms with E-state index in [1.54, 1.807) is 4.90 Å². The molecule has 0 bridgehead atoms. The number of hydrogen-bond donors (Lipinski definition) is 2. The Balaban J connectivity index is 1.16. The number of amides is 2. The van der Waals surface area contributed by atoms with Crippen LogP contribution in [0, 0.1) is 5.92 Å². The highest BCUT2D eigenvalue weighted by Crippen LogP contribution is 2.44. The third-order valence-electron chi connectivity index (χ3n) is 7.80. The van der Waals surface area contributed by atoms with Crippen molar-refractivity contribution < 1.29 is 24.2 Å². The Hall–Kier alpha value is -3.35. The van der Waals surface area contributed by atoms with Crippen LogP contribution in [-0.2, 0) is 14.3 Å². The van der Waals surface area contributed by atoms with Gasteiger partial charge in [0.15, 0.2) is 0 Å². The molecular formula is C28H32N2O5. The largest absolute Gasteiger partial charge is 0.480 e. The van der Waals surface area contributed by atoms with Gasteiger partial charge in [-0.15, -0.1) is 0 Å². The highest BCUT2D eigenvalue weighted by molar-refractivity contribution is 5.84. The van der Waals surface area contributed by atoms with Gasteiger partial charge in [0.2, 0.25) is 5.91 Å². The van der Waals surface area contributed by atoms with Crippen molar-refractivity contribution >= 4 is 18.0 Å². The van der Waals surface area contributed by atoms with Gasteiger partial charge in [0.25, 0.3) is 0 Å². The van der Waals surface area contributed by atoms with Gasteiger partial charge in [0.05, 0.1) is 0 Å². The Morgan fingerprint density at radius 1 is 0.914 bits per heavy atom. The lowest BCUT2D eigenvalue weighted by Gasteiger charge is -2.30. The second-order valence-electron chi connectivity index (χ2n) is 9.97. The number of nitrogens with zero attached hydrogens (tertiary/aromatic N) is 1. The summed E-state index contributed by atoms with van der Waals surface area (Å²) in [5.41, 5.74) is 4.70. The highest BCUT2D eigenvalue weighted by Gasteiger charge is 2.37. The summed E-state index contributed by atoms with van der Waals surface area (Å²) in [7, 11) is 0. The van der Waals surface area contributed by atoms with Gasteiger partial charge in [-0.3, -0.25) is 9.59 Å². The number of alkyl carbamates (subject to hydrolysis) is 1. The van der Waals surface area contributed by atoms with E-state index in [1.165, 1.54) is 22.3 Å². The zero-order valence-electron chi connectivity index (χ0n) is 19.8. The lowest BCUT2D eigenvalue weighted by atomic mass is 9.98. The van der Waals surface area contributed by atoms with Crippen molar-refractivity contribution in [2.24, 2.45) is 5.92 Å². The summed E-state index contributed by atoms with van der Waals surface area (Å²) in [5.74, 6) is -1.32. The van der Waals surface area contributed by atoms with Gasteiger partial charge in [-0.1, -0.05) is 61.4 Å². The van der Waals surface area contributed by atoms with Crippen LogP contribution in [0.15, 0.2) is 48.5 Å². The number of carboxylic acids is 1. The maximum Gasteiger partial charge on any atom is 0.407 e. The molecule has 7 nitrogen and oxygen atoms in total. The van der Waals surface area contributed by atoms with E-state index in [1.807, 2.05) is 24.3 Å². The van der Waals surface area contributed by atoms with E-state index in [0.29, 0.717) is 19.3 Å². The van der Waals surface area contributed by atoms with E-state index >= 15 is 0 Å². The summed E-state index contributed by atoms with van der Waals surface area (Å²) in [6, 6.07) is 16.3. The number of rotatable bonds is 7. The van der Waals surface area contributed by atoms with Gasteiger partial charge in [-0.05, 0) is 54.4 Å². The molecule has 3 aliphatic rings. The number of hydrogen-bond acceptors (Lipinski definition) is 4. The lowest BCUT2D eigenvalue weighted by Crippen LogP contribution is -2.45. The fourth-order valence-electron chi connectivity index (χ4n) is 6.13. The molecule has 2 saturated carbocycles. The average Bonchev–Trinajstić information content (AvgIpc) is 3.60. The number of carbonyl (C=O) groups excluding carboxylic acids is 2. The second-order valence-corrected chi connectivity index (χ2v) is 9.97. The Morgan fingerprint density at radius 3 is 2.17 bits per heavy atom. The van der Waals surface area contributed by atoms with E-state index in [9.17, 15) is 19.5 Å². The van der Waals surface area contributed by atoms with Crippen molar-refractivity contribution in [2.45, 2.75) is 62.9 Å². The Morgan fingerprint density at radius 2 is 1.54 bits per heavy atom. The maximum atomic E-state index is 13.2. The van der Waals surface area contributed by atoms with Crippen LogP contribution in [-0.4, -0.2) is 53.2 Å². The minimum absolute atomic E-state index is 0.00189. The molecule has 0 radical (unpaired) electrons. The monoisotopic (exact) mass is 476 g/mol. The fraction of sp³-hybridized carbons (Fsp3) is 0.464. The van der Waals surface area contributed by atoms with E-state index in [2.05, 4.69) is 29.6 Å². The minimum Gasteiger partial charge on any atom is -0.480 e. The fourth-order valence-corrected chi connectivity index (χ4v) is 6.13.